The fraction of sp³-hybridized carbons (Fsp3) is 0.500. The third kappa shape index (κ3) is 5.14. The number of hydrogen-bond acceptors (Lipinski definition) is 6. The lowest BCUT2D eigenvalue weighted by molar-refractivity contribution is -0.140. The van der Waals surface area contributed by atoms with Crippen LogP contribution in [0, 0.1) is 0 Å². The van der Waals surface area contributed by atoms with Crippen molar-refractivity contribution in [3.8, 4) is 5.75 Å². The number of imidazole rings is 1. The Labute approximate surface area is 162 Å². The van der Waals surface area contributed by atoms with E-state index in [4.69, 9.17) is 9.47 Å². The van der Waals surface area contributed by atoms with Crippen LogP contribution in [0.2, 0.25) is 0 Å². The lowest BCUT2D eigenvalue weighted by atomic mass is 10.3. The van der Waals surface area contributed by atoms with E-state index in [0.717, 1.165) is 16.8 Å². The second-order valence-corrected chi connectivity index (χ2v) is 7.15. The van der Waals surface area contributed by atoms with Crippen LogP contribution in [-0.4, -0.2) is 83.8 Å². The van der Waals surface area contributed by atoms with Gasteiger partial charge in [-0.3, -0.25) is 9.59 Å². The lowest BCUT2D eigenvalue weighted by Gasteiger charge is -2.28. The summed E-state index contributed by atoms with van der Waals surface area (Å²) in [4.78, 5) is 35.4. The number of ether oxygens (including phenoxy) is 2. The first kappa shape index (κ1) is 19.5. The molecule has 1 aliphatic rings. The highest BCUT2D eigenvalue weighted by Crippen LogP contribution is 2.23. The molecule has 0 atom stereocenters. The van der Waals surface area contributed by atoms with E-state index in [-0.39, 0.29) is 24.1 Å². The third-order valence-corrected chi connectivity index (χ3v) is 5.10. The maximum Gasteiger partial charge on any atom is 0.242 e. The van der Waals surface area contributed by atoms with Gasteiger partial charge in [0, 0.05) is 26.2 Å². The number of aromatic amines is 1. The van der Waals surface area contributed by atoms with Crippen molar-refractivity contribution in [2.45, 2.75) is 12.1 Å². The summed E-state index contributed by atoms with van der Waals surface area (Å²) in [5.74, 6) is 0.830. The van der Waals surface area contributed by atoms with Crippen LogP contribution >= 0.6 is 11.8 Å². The average Bonchev–Trinajstić information content (AvgIpc) is 3.09. The van der Waals surface area contributed by atoms with Gasteiger partial charge in [0.05, 0.1) is 43.2 Å². The monoisotopic (exact) mass is 392 g/mol. The van der Waals surface area contributed by atoms with Crippen molar-refractivity contribution >= 4 is 34.6 Å². The number of benzene rings is 1. The quantitative estimate of drug-likeness (QED) is 0.716. The molecule has 0 unspecified atom stereocenters. The molecule has 1 fully saturated rings. The van der Waals surface area contributed by atoms with E-state index in [9.17, 15) is 9.59 Å². The van der Waals surface area contributed by atoms with Gasteiger partial charge in [-0.1, -0.05) is 11.8 Å². The fourth-order valence-electron chi connectivity index (χ4n) is 2.73. The minimum atomic E-state index is -0.114. The first-order valence-electron chi connectivity index (χ1n) is 8.91. The van der Waals surface area contributed by atoms with Gasteiger partial charge in [0.2, 0.25) is 11.8 Å². The van der Waals surface area contributed by atoms with E-state index < -0.39 is 0 Å². The minimum Gasteiger partial charge on any atom is -0.494 e. The molecule has 27 heavy (non-hydrogen) atoms. The Morgan fingerprint density at radius 2 is 2.15 bits per heavy atom. The Hall–Kier alpha value is -2.26. The van der Waals surface area contributed by atoms with Gasteiger partial charge in [0.15, 0.2) is 5.16 Å². The predicted molar refractivity (Wildman–Crippen MR) is 103 cm³/mol. The number of thioether (sulfide) groups is 1. The summed E-state index contributed by atoms with van der Waals surface area (Å²) in [5, 5.41) is 0.667. The number of likely N-dealkylation sites (N-methyl/N-ethyl adjacent to an activating group) is 1. The van der Waals surface area contributed by atoms with E-state index in [1.165, 1.54) is 16.7 Å². The molecule has 1 N–H and O–H groups in total. The Kier molecular flexibility index (Phi) is 6.57. The van der Waals surface area contributed by atoms with E-state index in [2.05, 4.69) is 9.97 Å². The number of aromatic nitrogens is 2. The molecule has 1 saturated heterocycles. The molecular weight excluding hydrogens is 368 g/mol. The van der Waals surface area contributed by atoms with Crippen molar-refractivity contribution in [3.63, 3.8) is 0 Å². The van der Waals surface area contributed by atoms with E-state index >= 15 is 0 Å². The number of fused-ring (bicyclic) bond motifs is 1. The van der Waals surface area contributed by atoms with Crippen molar-refractivity contribution in [1.29, 1.82) is 0 Å². The maximum absolute atomic E-state index is 12.3. The van der Waals surface area contributed by atoms with E-state index in [1.807, 2.05) is 25.1 Å². The van der Waals surface area contributed by atoms with Crippen molar-refractivity contribution in [3.05, 3.63) is 18.2 Å². The number of hydrogen-bond donors (Lipinski definition) is 1. The summed E-state index contributed by atoms with van der Waals surface area (Å²) < 4.78 is 10.7. The molecule has 146 valence electrons. The van der Waals surface area contributed by atoms with Crippen LogP contribution in [-0.2, 0) is 14.3 Å². The van der Waals surface area contributed by atoms with Crippen LogP contribution < -0.4 is 4.74 Å². The third-order valence-electron chi connectivity index (χ3n) is 4.24. The van der Waals surface area contributed by atoms with Gasteiger partial charge in [0.1, 0.15) is 5.75 Å². The number of carbonyl (C=O) groups is 2. The Morgan fingerprint density at radius 3 is 2.89 bits per heavy atom. The predicted octanol–water partition coefficient (Wildman–Crippen LogP) is 1.37. The number of H-pyrrole nitrogens is 1. The molecule has 3 rings (SSSR count). The van der Waals surface area contributed by atoms with Crippen molar-refractivity contribution in [1.82, 2.24) is 19.8 Å². The summed E-state index contributed by atoms with van der Waals surface area (Å²) in [5.41, 5.74) is 1.69. The molecule has 2 heterocycles. The van der Waals surface area contributed by atoms with Crippen LogP contribution in [0.25, 0.3) is 11.0 Å². The molecule has 9 heteroatoms. The Morgan fingerprint density at radius 1 is 1.37 bits per heavy atom. The maximum atomic E-state index is 12.3. The summed E-state index contributed by atoms with van der Waals surface area (Å²) in [6.45, 7) is 4.89. The summed E-state index contributed by atoms with van der Waals surface area (Å²) in [7, 11) is 1.65. The number of amides is 2. The largest absolute Gasteiger partial charge is 0.494 e. The lowest BCUT2D eigenvalue weighted by Crippen LogP contribution is -2.46. The zero-order valence-corrected chi connectivity index (χ0v) is 16.4. The first-order valence-corrected chi connectivity index (χ1v) is 9.90. The molecule has 0 radical (unpaired) electrons. The summed E-state index contributed by atoms with van der Waals surface area (Å²) in [6.07, 6.45) is 0. The molecular formula is C18H24N4O4S. The van der Waals surface area contributed by atoms with Gasteiger partial charge in [-0.2, -0.15) is 0 Å². The number of nitrogens with one attached hydrogen (secondary N) is 1. The Balaban J connectivity index is 1.51. The molecule has 8 nitrogen and oxygen atoms in total. The standard InChI is InChI=1S/C18H24N4O4S/c1-3-26-13-4-5-14-15(10-13)20-18(19-14)27-12-17(24)21(2)11-16(23)22-6-8-25-9-7-22/h4-5,10H,3,6-9,11-12H2,1-2H3,(H,19,20). The van der Waals surface area contributed by atoms with Crippen LogP contribution in [0.3, 0.4) is 0 Å². The minimum absolute atomic E-state index is 0.0497. The number of nitrogens with zero attached hydrogens (tertiary/aromatic N) is 3. The van der Waals surface area contributed by atoms with Gasteiger partial charge in [-0.05, 0) is 19.1 Å². The van der Waals surface area contributed by atoms with Gasteiger partial charge in [-0.15, -0.1) is 0 Å². The average molecular weight is 392 g/mol. The van der Waals surface area contributed by atoms with E-state index in [0.29, 0.717) is 38.1 Å². The van der Waals surface area contributed by atoms with Crippen LogP contribution in [0.5, 0.6) is 5.75 Å². The smallest absolute Gasteiger partial charge is 0.242 e. The van der Waals surface area contributed by atoms with Crippen LogP contribution in [0.1, 0.15) is 6.92 Å². The Bertz CT molecular complexity index is 804. The van der Waals surface area contributed by atoms with Gasteiger partial charge >= 0.3 is 0 Å². The molecule has 2 amide bonds. The highest BCUT2D eigenvalue weighted by molar-refractivity contribution is 7.99. The van der Waals surface area contributed by atoms with Crippen molar-refractivity contribution in [2.24, 2.45) is 0 Å². The van der Waals surface area contributed by atoms with Gasteiger partial charge in [-0.25, -0.2) is 4.98 Å². The van der Waals surface area contributed by atoms with E-state index in [1.54, 1.807) is 11.9 Å². The zero-order chi connectivity index (χ0) is 19.2. The van der Waals surface area contributed by atoms with Crippen LogP contribution in [0.15, 0.2) is 23.4 Å². The first-order chi connectivity index (χ1) is 13.1. The second-order valence-electron chi connectivity index (χ2n) is 6.19. The molecule has 2 aromatic rings. The molecule has 1 aliphatic heterocycles. The summed E-state index contributed by atoms with van der Waals surface area (Å²) in [6, 6.07) is 5.65. The zero-order valence-electron chi connectivity index (χ0n) is 15.6. The molecule has 0 aliphatic carbocycles. The molecule has 0 saturated carbocycles. The van der Waals surface area contributed by atoms with Crippen LogP contribution in [0.4, 0.5) is 0 Å². The van der Waals surface area contributed by atoms with Crippen molar-refractivity contribution in [2.75, 3.05) is 52.3 Å². The SMILES string of the molecule is CCOc1ccc2nc(SCC(=O)N(C)CC(=O)N3CCOCC3)[nH]c2c1. The number of morpholine rings is 1. The van der Waals surface area contributed by atoms with Gasteiger partial charge in [0.25, 0.3) is 0 Å². The second kappa shape index (κ2) is 9.09. The molecule has 0 spiro atoms. The number of carbonyl (C=O) groups excluding carboxylic acids is 2. The fourth-order valence-corrected chi connectivity index (χ4v) is 3.56. The molecule has 1 aromatic carbocycles. The highest BCUT2D eigenvalue weighted by atomic mass is 32.2. The summed E-state index contributed by atoms with van der Waals surface area (Å²) >= 11 is 1.32. The van der Waals surface area contributed by atoms with Gasteiger partial charge < -0.3 is 24.3 Å². The molecule has 0 bridgehead atoms. The number of rotatable bonds is 7. The highest BCUT2D eigenvalue weighted by Gasteiger charge is 2.20. The topological polar surface area (TPSA) is 87.8 Å². The normalized spacial score (nSPS) is 14.4. The molecule has 1 aromatic heterocycles. The van der Waals surface area contributed by atoms with Crippen molar-refractivity contribution < 1.29 is 19.1 Å².